The summed E-state index contributed by atoms with van der Waals surface area (Å²) in [6.07, 6.45) is 3.36. The zero-order valence-electron chi connectivity index (χ0n) is 19.9. The first-order valence-electron chi connectivity index (χ1n) is 11.8. The molecule has 0 spiro atoms. The molecule has 2 rings (SSSR count). The zero-order chi connectivity index (χ0) is 23.1. The van der Waals surface area contributed by atoms with Crippen molar-refractivity contribution in [3.05, 3.63) is 0 Å². The van der Waals surface area contributed by atoms with E-state index in [9.17, 15) is 0 Å². The molecule has 190 valence electrons. The van der Waals surface area contributed by atoms with E-state index in [-0.39, 0.29) is 12.2 Å². The average molecular weight is 465 g/mol. The fourth-order valence-electron chi connectivity index (χ4n) is 3.42. The summed E-state index contributed by atoms with van der Waals surface area (Å²) < 4.78 is 45.9. The molecule has 0 aliphatic carbocycles. The van der Waals surface area contributed by atoms with E-state index in [0.29, 0.717) is 79.2 Å². The van der Waals surface area contributed by atoms with Crippen molar-refractivity contribution in [1.29, 1.82) is 0 Å². The van der Waals surface area contributed by atoms with Gasteiger partial charge in [0.05, 0.1) is 26.4 Å². The minimum absolute atomic E-state index is 0.0672. The van der Waals surface area contributed by atoms with Gasteiger partial charge in [-0.15, -0.1) is 0 Å². The number of ether oxygens (including phenoxy) is 8. The summed E-state index contributed by atoms with van der Waals surface area (Å²) >= 11 is 0. The van der Waals surface area contributed by atoms with E-state index in [1.807, 2.05) is 13.8 Å². The highest BCUT2D eigenvalue weighted by Crippen LogP contribution is 2.25. The lowest BCUT2D eigenvalue weighted by atomic mass is 10.3. The fraction of sp³-hybridized carbons (Fsp3) is 1.00. The molecule has 2 aliphatic rings. The lowest BCUT2D eigenvalue weighted by Gasteiger charge is -2.23. The fourth-order valence-corrected chi connectivity index (χ4v) is 3.42. The van der Waals surface area contributed by atoms with Crippen molar-refractivity contribution < 1.29 is 37.9 Å². The van der Waals surface area contributed by atoms with Crippen LogP contribution in [-0.2, 0) is 37.9 Å². The van der Waals surface area contributed by atoms with Gasteiger partial charge in [0.1, 0.15) is 25.4 Å². The van der Waals surface area contributed by atoms with Gasteiger partial charge in [-0.3, -0.25) is 0 Å². The van der Waals surface area contributed by atoms with E-state index >= 15 is 0 Å². The standard InChI is InChI=1S/C22H44N2O8/c1-21(17-27-11-5-7-23)29-15-19(31-21)13-25-9-3-4-10-26-14-20-16-30-22(2,32-20)18-28-12-6-8-24/h19-20H,3-18,23-24H2,1-2H3. The molecule has 10 nitrogen and oxygen atoms in total. The van der Waals surface area contributed by atoms with E-state index < -0.39 is 11.6 Å². The van der Waals surface area contributed by atoms with Gasteiger partial charge in [0.2, 0.25) is 0 Å². The Hall–Kier alpha value is -0.400. The van der Waals surface area contributed by atoms with Crippen LogP contribution in [0.4, 0.5) is 0 Å². The maximum Gasteiger partial charge on any atom is 0.189 e. The number of unbranched alkanes of at least 4 members (excludes halogenated alkanes) is 1. The normalized spacial score (nSPS) is 30.4. The summed E-state index contributed by atoms with van der Waals surface area (Å²) in [5.74, 6) is -1.40. The van der Waals surface area contributed by atoms with Crippen molar-refractivity contribution in [3.8, 4) is 0 Å². The average Bonchev–Trinajstić information content (AvgIpc) is 3.34. The first-order chi connectivity index (χ1) is 15.5. The summed E-state index contributed by atoms with van der Waals surface area (Å²) in [6, 6.07) is 0. The van der Waals surface area contributed by atoms with Gasteiger partial charge in [0.25, 0.3) is 0 Å². The van der Waals surface area contributed by atoms with E-state index in [2.05, 4.69) is 0 Å². The molecule has 0 saturated carbocycles. The summed E-state index contributed by atoms with van der Waals surface area (Å²) in [5, 5.41) is 0. The summed E-state index contributed by atoms with van der Waals surface area (Å²) in [6.45, 7) is 10.4. The molecule has 2 fully saturated rings. The van der Waals surface area contributed by atoms with Crippen LogP contribution in [0.15, 0.2) is 0 Å². The largest absolute Gasteiger partial charge is 0.379 e. The Morgan fingerprint density at radius 2 is 1.06 bits per heavy atom. The number of rotatable bonds is 19. The van der Waals surface area contributed by atoms with Crippen LogP contribution in [0.1, 0.15) is 39.5 Å². The molecule has 0 amide bonds. The summed E-state index contributed by atoms with van der Waals surface area (Å²) in [4.78, 5) is 0. The molecule has 32 heavy (non-hydrogen) atoms. The predicted molar refractivity (Wildman–Crippen MR) is 118 cm³/mol. The van der Waals surface area contributed by atoms with Gasteiger partial charge in [-0.1, -0.05) is 0 Å². The van der Waals surface area contributed by atoms with Crippen LogP contribution in [0.25, 0.3) is 0 Å². The highest BCUT2D eigenvalue weighted by Gasteiger charge is 2.38. The van der Waals surface area contributed by atoms with Crippen molar-refractivity contribution >= 4 is 0 Å². The van der Waals surface area contributed by atoms with Gasteiger partial charge < -0.3 is 49.4 Å². The van der Waals surface area contributed by atoms with Crippen LogP contribution in [0.5, 0.6) is 0 Å². The number of hydrogen-bond donors (Lipinski definition) is 2. The van der Waals surface area contributed by atoms with Crippen LogP contribution >= 0.6 is 0 Å². The van der Waals surface area contributed by atoms with Crippen LogP contribution in [-0.4, -0.2) is 103 Å². The predicted octanol–water partition coefficient (Wildman–Crippen LogP) is 0.794. The first kappa shape index (κ1) is 27.8. The van der Waals surface area contributed by atoms with E-state index in [4.69, 9.17) is 49.4 Å². The molecule has 4 atom stereocenters. The van der Waals surface area contributed by atoms with Crippen LogP contribution in [0.3, 0.4) is 0 Å². The molecular weight excluding hydrogens is 420 g/mol. The number of hydrogen-bond acceptors (Lipinski definition) is 10. The Bertz CT molecular complexity index is 447. The quantitative estimate of drug-likeness (QED) is 0.265. The van der Waals surface area contributed by atoms with Gasteiger partial charge in [0, 0.05) is 26.4 Å². The molecule has 0 radical (unpaired) electrons. The van der Waals surface area contributed by atoms with Crippen molar-refractivity contribution in [2.45, 2.75) is 63.3 Å². The van der Waals surface area contributed by atoms with E-state index in [1.54, 1.807) is 0 Å². The molecule has 10 heteroatoms. The highest BCUT2D eigenvalue weighted by atomic mass is 16.8. The number of nitrogens with two attached hydrogens (primary N) is 2. The summed E-state index contributed by atoms with van der Waals surface area (Å²) in [5.41, 5.74) is 10.9. The Morgan fingerprint density at radius 3 is 1.47 bits per heavy atom. The van der Waals surface area contributed by atoms with Crippen molar-refractivity contribution in [1.82, 2.24) is 0 Å². The lowest BCUT2D eigenvalue weighted by molar-refractivity contribution is -0.194. The second-order valence-corrected chi connectivity index (χ2v) is 8.62. The molecule has 2 saturated heterocycles. The van der Waals surface area contributed by atoms with E-state index in [1.165, 1.54) is 0 Å². The molecule has 0 bridgehead atoms. The SMILES string of the molecule is CC1(COCCCN)OCC(COCCCCOCC2COC(C)(COCCCN)O2)O1. The monoisotopic (exact) mass is 464 g/mol. The maximum absolute atomic E-state index is 5.92. The lowest BCUT2D eigenvalue weighted by Crippen LogP contribution is -2.34. The Morgan fingerprint density at radius 1 is 0.656 bits per heavy atom. The Labute approximate surface area is 192 Å². The molecule has 4 N–H and O–H groups in total. The Kier molecular flexibility index (Phi) is 13.5. The molecular formula is C22H44N2O8. The third kappa shape index (κ3) is 11.1. The van der Waals surface area contributed by atoms with Gasteiger partial charge >= 0.3 is 0 Å². The third-order valence-electron chi connectivity index (χ3n) is 5.13. The topological polar surface area (TPSA) is 126 Å². The molecule has 0 aromatic rings. The van der Waals surface area contributed by atoms with Gasteiger partial charge in [-0.25, -0.2) is 0 Å². The smallest absolute Gasteiger partial charge is 0.189 e. The van der Waals surface area contributed by atoms with Crippen LogP contribution in [0.2, 0.25) is 0 Å². The van der Waals surface area contributed by atoms with Crippen molar-refractivity contribution in [3.63, 3.8) is 0 Å². The van der Waals surface area contributed by atoms with Crippen LogP contribution in [0, 0.1) is 0 Å². The van der Waals surface area contributed by atoms with Gasteiger partial charge in [-0.2, -0.15) is 0 Å². The summed E-state index contributed by atoms with van der Waals surface area (Å²) in [7, 11) is 0. The molecule has 4 unspecified atom stereocenters. The van der Waals surface area contributed by atoms with Crippen LogP contribution < -0.4 is 11.5 Å². The van der Waals surface area contributed by atoms with E-state index in [0.717, 1.165) is 25.7 Å². The first-order valence-corrected chi connectivity index (χ1v) is 11.8. The molecule has 2 heterocycles. The minimum Gasteiger partial charge on any atom is -0.379 e. The molecule has 2 aliphatic heterocycles. The van der Waals surface area contributed by atoms with Crippen molar-refractivity contribution in [2.75, 3.05) is 79.2 Å². The van der Waals surface area contributed by atoms with Gasteiger partial charge in [-0.05, 0) is 52.6 Å². The third-order valence-corrected chi connectivity index (χ3v) is 5.13. The molecule has 0 aromatic heterocycles. The molecule has 0 aromatic carbocycles. The van der Waals surface area contributed by atoms with Crippen molar-refractivity contribution in [2.24, 2.45) is 11.5 Å². The second-order valence-electron chi connectivity index (χ2n) is 8.62. The van der Waals surface area contributed by atoms with Gasteiger partial charge in [0.15, 0.2) is 11.6 Å². The second kappa shape index (κ2) is 15.5. The Balaban J connectivity index is 1.41. The minimum atomic E-state index is -0.699. The maximum atomic E-state index is 5.92. The zero-order valence-corrected chi connectivity index (χ0v) is 19.9. The highest BCUT2D eigenvalue weighted by molar-refractivity contribution is 4.75.